The monoisotopic (exact) mass is 1090 g/mol. The summed E-state index contributed by atoms with van der Waals surface area (Å²) in [5.41, 5.74) is 0. The molecule has 4 aliphatic heterocycles. The first kappa shape index (κ1) is 73.4. The van der Waals surface area contributed by atoms with E-state index in [4.69, 9.17) is 85.7 Å². The number of hydrogen-bond acceptors (Lipinski definition) is 30. The summed E-state index contributed by atoms with van der Waals surface area (Å²) in [6, 6.07) is 0. The Kier molecular flexibility index (Phi) is 45.1. The fraction of sp³-hybridized carbons (Fsp3) is 0.810. The van der Waals surface area contributed by atoms with E-state index in [2.05, 4.69) is 33.2 Å². The Morgan fingerprint density at radius 1 is 0.338 bits per heavy atom. The summed E-state index contributed by atoms with van der Waals surface area (Å²) < 4.78 is 47.7. The zero-order chi connectivity index (χ0) is 57.2. The van der Waals surface area contributed by atoms with Gasteiger partial charge in [0.15, 0.2) is 67.7 Å². The molecule has 32 nitrogen and oxygen atoms in total. The largest absolute Gasteiger partial charge is 0.479 e. The number of hydrogen-bond donors (Lipinski definition) is 14. The van der Waals surface area contributed by atoms with Crippen molar-refractivity contribution in [3.63, 3.8) is 0 Å². The summed E-state index contributed by atoms with van der Waals surface area (Å²) in [4.78, 5) is 88.5. The summed E-state index contributed by atoms with van der Waals surface area (Å²) in [6.45, 7) is 2.11. The molecule has 0 spiro atoms. The van der Waals surface area contributed by atoms with Gasteiger partial charge in [-0.05, 0) is 72.1 Å². The van der Waals surface area contributed by atoms with Gasteiger partial charge in [0.1, 0.15) is 19.8 Å². The van der Waals surface area contributed by atoms with Crippen LogP contribution in [0.5, 0.6) is 0 Å². The van der Waals surface area contributed by atoms with Crippen LogP contribution in [0.25, 0.3) is 0 Å². The maximum atomic E-state index is 11.3. The number of ether oxygens (including phenoxy) is 10. The summed E-state index contributed by atoms with van der Waals surface area (Å²) in [5.74, 6) is -6.08. The van der Waals surface area contributed by atoms with E-state index in [0.29, 0.717) is 38.5 Å². The van der Waals surface area contributed by atoms with Gasteiger partial charge in [-0.3, -0.25) is 0 Å². The van der Waals surface area contributed by atoms with E-state index in [1.165, 1.54) is 20.8 Å². The maximum absolute atomic E-state index is 11.3. The highest BCUT2D eigenvalue weighted by Crippen LogP contribution is 2.24. The van der Waals surface area contributed by atoms with Crippen LogP contribution in [0.3, 0.4) is 0 Å². The Morgan fingerprint density at radius 3 is 0.662 bits per heavy atom. The van der Waals surface area contributed by atoms with Gasteiger partial charge in [0.25, 0.3) is 0 Å². The summed E-state index contributed by atoms with van der Waals surface area (Å²) in [6.07, 6.45) is -7.83. The van der Waals surface area contributed by atoms with Gasteiger partial charge in [-0.15, -0.1) is 0 Å². The first-order valence-electron chi connectivity index (χ1n) is 22.7. The van der Waals surface area contributed by atoms with Crippen LogP contribution >= 0.6 is 0 Å². The number of rotatable bonds is 20. The molecule has 0 aromatic carbocycles. The van der Waals surface area contributed by atoms with Crippen molar-refractivity contribution >= 4 is 47.8 Å². The third-order valence-corrected chi connectivity index (χ3v) is 8.37. The van der Waals surface area contributed by atoms with Gasteiger partial charge in [-0.1, -0.05) is 0 Å². The molecule has 14 N–H and O–H groups in total. The number of esters is 6. The van der Waals surface area contributed by atoms with E-state index in [-0.39, 0.29) is 92.1 Å². The van der Waals surface area contributed by atoms with Crippen molar-refractivity contribution < 1.29 is 157 Å². The standard InChI is InChI=1S/3C10H16O7.C6H8O5.3C2H6O2/c3*1-6(12)16-10(14)8-3-2-7(17-8)9(13)15-5-4-11;7-5(8)3-1-2-4(11-3)6(9)10;3*3-1-2-4/h3*6-8,11-12H,2-5H2,1H3;3-4H,1-2H2,(H,7,8)(H,9,10);3*3-4H,1-2H2/t3*6?,7-,8+;3-,4+;;;/m000..../s1. The first-order chi connectivity index (χ1) is 35.0. The molecule has 0 aromatic heterocycles. The van der Waals surface area contributed by atoms with Crippen molar-refractivity contribution in [2.24, 2.45) is 0 Å². The zero-order valence-corrected chi connectivity index (χ0v) is 41.1. The molecule has 0 aromatic rings. The molecule has 4 rings (SSSR count). The number of aliphatic carboxylic acids is 2. The second-order valence-corrected chi connectivity index (χ2v) is 14.6. The van der Waals surface area contributed by atoms with E-state index < -0.39 is 115 Å². The van der Waals surface area contributed by atoms with Crippen molar-refractivity contribution in [1.29, 1.82) is 0 Å². The molecule has 0 amide bonds. The van der Waals surface area contributed by atoms with Gasteiger partial charge in [0.05, 0.1) is 59.5 Å². The highest BCUT2D eigenvalue weighted by Gasteiger charge is 2.39. The molecular formula is C42H74O32. The van der Waals surface area contributed by atoms with Crippen LogP contribution < -0.4 is 0 Å². The molecule has 4 heterocycles. The minimum atomic E-state index is -1.20. The van der Waals surface area contributed by atoms with Crippen LogP contribution in [-0.2, 0) is 85.7 Å². The van der Waals surface area contributed by atoms with E-state index >= 15 is 0 Å². The lowest BCUT2D eigenvalue weighted by atomic mass is 10.2. The van der Waals surface area contributed by atoms with Crippen LogP contribution in [0.15, 0.2) is 0 Å². The highest BCUT2D eigenvalue weighted by molar-refractivity contribution is 5.81. The van der Waals surface area contributed by atoms with Crippen LogP contribution in [-0.4, -0.2) is 266 Å². The maximum Gasteiger partial charge on any atom is 0.337 e. The van der Waals surface area contributed by atoms with Crippen molar-refractivity contribution in [1.82, 2.24) is 0 Å². The van der Waals surface area contributed by atoms with Gasteiger partial charge >= 0.3 is 47.8 Å². The van der Waals surface area contributed by atoms with E-state index in [1.807, 2.05) is 0 Å². The lowest BCUT2D eigenvalue weighted by molar-refractivity contribution is -0.181. The Balaban J connectivity index is -0.000000851. The Bertz CT molecular complexity index is 1370. The van der Waals surface area contributed by atoms with Gasteiger partial charge in [-0.2, -0.15) is 0 Å². The van der Waals surface area contributed by atoms with Crippen LogP contribution in [0.1, 0.15) is 72.1 Å². The summed E-state index contributed by atoms with van der Waals surface area (Å²) >= 11 is 0. The Hall–Kier alpha value is -4.88. The molecule has 3 unspecified atom stereocenters. The molecule has 4 aliphatic rings. The molecule has 4 saturated heterocycles. The molecule has 0 bridgehead atoms. The average molecular weight is 1090 g/mol. The SMILES string of the molecule is CC(O)OC(=O)[C@H]1CC[C@@H](C(=O)OCCO)O1.CC(O)OC(=O)[C@H]1CC[C@@H](C(=O)OCCO)O1.CC(O)OC(=O)[C@H]1CC[C@@H](C(=O)OCCO)O1.O=C(O)[C@@H]1CC[C@H](C(=O)O)O1.OCCO.OCCO.OCCO. The van der Waals surface area contributed by atoms with Gasteiger partial charge in [-0.25, -0.2) is 38.4 Å². The quantitative estimate of drug-likeness (QED) is 0.0306. The molecule has 0 aliphatic carbocycles. The summed E-state index contributed by atoms with van der Waals surface area (Å²) in [5, 5.41) is 115. The molecule has 4 fully saturated rings. The normalized spacial score (nSPS) is 23.2. The average Bonchev–Trinajstić information content (AvgIpc) is 4.22. The smallest absolute Gasteiger partial charge is 0.337 e. The van der Waals surface area contributed by atoms with Crippen molar-refractivity contribution in [2.75, 3.05) is 79.3 Å². The molecule has 0 radical (unpaired) electrons. The Morgan fingerprint density at radius 2 is 0.514 bits per heavy atom. The predicted molar refractivity (Wildman–Crippen MR) is 237 cm³/mol. The molecule has 434 valence electrons. The van der Waals surface area contributed by atoms with Gasteiger partial charge in [0.2, 0.25) is 0 Å². The lowest BCUT2D eigenvalue weighted by Crippen LogP contribution is -2.30. The number of aliphatic hydroxyl groups is 12. The number of aliphatic hydroxyl groups excluding tert-OH is 12. The zero-order valence-electron chi connectivity index (χ0n) is 41.1. The summed E-state index contributed by atoms with van der Waals surface area (Å²) in [7, 11) is 0. The second-order valence-electron chi connectivity index (χ2n) is 14.6. The van der Waals surface area contributed by atoms with Gasteiger partial charge < -0.3 is 119 Å². The Labute approximate surface area is 423 Å². The minimum absolute atomic E-state index is 0.0958. The lowest BCUT2D eigenvalue weighted by Gasteiger charge is -2.13. The van der Waals surface area contributed by atoms with Crippen LogP contribution in [0, 0.1) is 0 Å². The van der Waals surface area contributed by atoms with Crippen LogP contribution in [0.4, 0.5) is 0 Å². The van der Waals surface area contributed by atoms with Crippen molar-refractivity contribution in [2.45, 2.75) is 140 Å². The number of carboxylic acids is 2. The predicted octanol–water partition coefficient (Wildman–Crippen LogP) is -6.53. The third-order valence-electron chi connectivity index (χ3n) is 8.37. The fourth-order valence-corrected chi connectivity index (χ4v) is 5.40. The molecule has 74 heavy (non-hydrogen) atoms. The van der Waals surface area contributed by atoms with Crippen molar-refractivity contribution in [3.8, 4) is 0 Å². The second kappa shape index (κ2) is 45.5. The number of carbonyl (C=O) groups is 8. The molecule has 11 atom stereocenters. The van der Waals surface area contributed by atoms with Crippen molar-refractivity contribution in [3.05, 3.63) is 0 Å². The molecular weight excluding hydrogens is 1020 g/mol. The minimum Gasteiger partial charge on any atom is -0.479 e. The van der Waals surface area contributed by atoms with E-state index in [0.717, 1.165) is 0 Å². The molecule has 0 saturated carbocycles. The van der Waals surface area contributed by atoms with Crippen LogP contribution in [0.2, 0.25) is 0 Å². The van der Waals surface area contributed by atoms with E-state index in [9.17, 15) is 38.4 Å². The topological polar surface area (TPSA) is 512 Å². The first-order valence-corrected chi connectivity index (χ1v) is 22.7. The van der Waals surface area contributed by atoms with E-state index in [1.54, 1.807) is 0 Å². The molecule has 32 heteroatoms. The number of carboxylic acid groups (broad SMARTS) is 2. The van der Waals surface area contributed by atoms with Gasteiger partial charge in [0, 0.05) is 0 Å². The highest BCUT2D eigenvalue weighted by atomic mass is 16.7. The fourth-order valence-electron chi connectivity index (χ4n) is 5.40. The number of carbonyl (C=O) groups excluding carboxylic acids is 6. The third kappa shape index (κ3) is 36.1.